The van der Waals surface area contributed by atoms with E-state index in [9.17, 15) is 25.0 Å². The summed E-state index contributed by atoms with van der Waals surface area (Å²) in [4.78, 5) is 39.3. The van der Waals surface area contributed by atoms with Crippen LogP contribution in [0.2, 0.25) is 0 Å². The molecular formula is C19H21N3O5S. The van der Waals surface area contributed by atoms with E-state index in [0.717, 1.165) is 0 Å². The molecule has 0 aliphatic carbocycles. The highest BCUT2D eigenvalue weighted by Gasteiger charge is 2.40. The van der Waals surface area contributed by atoms with Gasteiger partial charge in [-0.2, -0.15) is 0 Å². The molecule has 0 aliphatic rings. The molecule has 0 fully saturated rings. The molecule has 0 N–H and O–H groups in total. The highest BCUT2D eigenvalue weighted by atomic mass is 32.2. The maximum Gasteiger partial charge on any atom is 0.283 e. The zero-order valence-corrected chi connectivity index (χ0v) is 17.1. The van der Waals surface area contributed by atoms with E-state index >= 15 is 0 Å². The Balaban J connectivity index is 2.66. The molecule has 0 saturated heterocycles. The zero-order chi connectivity index (χ0) is 21.2. The van der Waals surface area contributed by atoms with Gasteiger partial charge in [0.1, 0.15) is 5.56 Å². The van der Waals surface area contributed by atoms with Crippen molar-refractivity contribution in [2.45, 2.75) is 45.1 Å². The fraction of sp³-hybridized carbons (Fsp3) is 0.368. The van der Waals surface area contributed by atoms with Gasteiger partial charge in [-0.25, -0.2) is 4.98 Å². The van der Waals surface area contributed by atoms with E-state index in [1.54, 1.807) is 45.2 Å². The number of rotatable bonds is 6. The zero-order valence-electron chi connectivity index (χ0n) is 16.3. The van der Waals surface area contributed by atoms with Crippen LogP contribution in [-0.4, -0.2) is 26.4 Å². The number of carbonyl (C=O) groups excluding carboxylic acids is 1. The maximum atomic E-state index is 12.9. The summed E-state index contributed by atoms with van der Waals surface area (Å²) in [6.45, 7) is 7.99. The molecule has 2 aromatic rings. The van der Waals surface area contributed by atoms with Crippen molar-refractivity contribution in [3.8, 4) is 0 Å². The lowest BCUT2D eigenvalue weighted by Crippen LogP contribution is -2.21. The first-order valence-electron chi connectivity index (χ1n) is 8.50. The van der Waals surface area contributed by atoms with E-state index in [2.05, 4.69) is 4.98 Å². The number of pyridine rings is 1. The van der Waals surface area contributed by atoms with Crippen LogP contribution >= 0.6 is 11.8 Å². The number of ketones is 1. The molecule has 8 nitrogen and oxygen atoms in total. The van der Waals surface area contributed by atoms with Crippen LogP contribution in [0, 0.1) is 34.1 Å². The van der Waals surface area contributed by atoms with E-state index in [4.69, 9.17) is 0 Å². The Hall–Kier alpha value is -2.81. The molecule has 1 aromatic heterocycles. The van der Waals surface area contributed by atoms with Crippen molar-refractivity contribution in [1.29, 1.82) is 0 Å². The van der Waals surface area contributed by atoms with Crippen LogP contribution in [-0.2, 0) is 5.41 Å². The van der Waals surface area contributed by atoms with E-state index in [1.165, 1.54) is 25.6 Å². The summed E-state index contributed by atoms with van der Waals surface area (Å²) in [6.07, 6.45) is 1.59. The lowest BCUT2D eigenvalue weighted by molar-refractivity contribution is -0.397. The van der Waals surface area contributed by atoms with Gasteiger partial charge in [-0.05, 0) is 26.0 Å². The number of nitro benzene ring substituents is 2. The lowest BCUT2D eigenvalue weighted by atomic mass is 9.80. The fourth-order valence-electron chi connectivity index (χ4n) is 3.23. The summed E-state index contributed by atoms with van der Waals surface area (Å²) in [7, 11) is 0. The van der Waals surface area contributed by atoms with Gasteiger partial charge in [0, 0.05) is 28.3 Å². The van der Waals surface area contributed by atoms with E-state index in [-0.39, 0.29) is 39.4 Å². The Morgan fingerprint density at radius 2 is 1.61 bits per heavy atom. The summed E-state index contributed by atoms with van der Waals surface area (Å²) in [5, 5.41) is 24.2. The summed E-state index contributed by atoms with van der Waals surface area (Å²) in [5.74, 6) is -0.431. The van der Waals surface area contributed by atoms with Gasteiger partial charge >= 0.3 is 0 Å². The van der Waals surface area contributed by atoms with Gasteiger partial charge in [0.15, 0.2) is 5.78 Å². The van der Waals surface area contributed by atoms with Crippen molar-refractivity contribution in [1.82, 2.24) is 4.98 Å². The minimum Gasteiger partial charge on any atom is -0.293 e. The van der Waals surface area contributed by atoms with Gasteiger partial charge in [-0.3, -0.25) is 25.0 Å². The second-order valence-corrected chi connectivity index (χ2v) is 8.34. The monoisotopic (exact) mass is 403 g/mol. The highest BCUT2D eigenvalue weighted by Crippen LogP contribution is 2.44. The smallest absolute Gasteiger partial charge is 0.283 e. The summed E-state index contributed by atoms with van der Waals surface area (Å²) in [5.41, 5.74) is -1.19. The second kappa shape index (κ2) is 8.05. The molecule has 0 atom stereocenters. The Kier molecular flexibility index (Phi) is 6.18. The number of nitro groups is 2. The average Bonchev–Trinajstić information content (AvgIpc) is 2.58. The third-order valence-electron chi connectivity index (χ3n) is 4.32. The first-order chi connectivity index (χ1) is 13.0. The van der Waals surface area contributed by atoms with Crippen molar-refractivity contribution in [2.75, 3.05) is 5.75 Å². The quantitative estimate of drug-likeness (QED) is 0.295. The standard InChI is InChI=1S/C19H21N3O5S/c1-11-15(13(23)10-28-14-8-6-7-9-20-14)12(2)18(22(26)27)16(19(3,4)5)17(11)21(24)25/h6-9H,10H2,1-5H3. The van der Waals surface area contributed by atoms with Gasteiger partial charge in [0.2, 0.25) is 0 Å². The molecule has 0 spiro atoms. The number of aromatic nitrogens is 1. The topological polar surface area (TPSA) is 116 Å². The van der Waals surface area contributed by atoms with Gasteiger partial charge < -0.3 is 0 Å². The molecule has 0 amide bonds. The molecule has 0 aliphatic heterocycles. The van der Waals surface area contributed by atoms with Crippen LogP contribution in [0.3, 0.4) is 0 Å². The lowest BCUT2D eigenvalue weighted by Gasteiger charge is -2.22. The van der Waals surface area contributed by atoms with Gasteiger partial charge in [-0.15, -0.1) is 0 Å². The predicted octanol–water partition coefficient (Wildman–Crippen LogP) is 4.79. The molecule has 9 heteroatoms. The van der Waals surface area contributed by atoms with Crippen LogP contribution in [0.5, 0.6) is 0 Å². The SMILES string of the molecule is Cc1c(C(=O)CSc2ccccn2)c(C)c([N+](=O)[O-])c(C(C)(C)C)c1[N+](=O)[O-]. The molecule has 1 heterocycles. The Morgan fingerprint density at radius 1 is 1.07 bits per heavy atom. The second-order valence-electron chi connectivity index (χ2n) is 7.34. The van der Waals surface area contributed by atoms with Crippen molar-refractivity contribution in [2.24, 2.45) is 0 Å². The number of carbonyl (C=O) groups is 1. The fourth-order valence-corrected chi connectivity index (χ4v) is 3.97. The van der Waals surface area contributed by atoms with E-state index < -0.39 is 21.0 Å². The van der Waals surface area contributed by atoms with Crippen LogP contribution < -0.4 is 0 Å². The third-order valence-corrected chi connectivity index (χ3v) is 5.26. The number of hydrogen-bond donors (Lipinski definition) is 0. The number of hydrogen-bond acceptors (Lipinski definition) is 7. The molecule has 0 radical (unpaired) electrons. The first kappa shape index (κ1) is 21.5. The Morgan fingerprint density at radius 3 is 2.00 bits per heavy atom. The largest absolute Gasteiger partial charge is 0.293 e. The molecule has 148 valence electrons. The minimum absolute atomic E-state index is 0.0259. The maximum absolute atomic E-state index is 12.9. The number of Topliss-reactive ketones (excluding diaryl/α,β-unsaturated/α-hetero) is 1. The van der Waals surface area contributed by atoms with Crippen LogP contribution in [0.25, 0.3) is 0 Å². The van der Waals surface area contributed by atoms with Crippen LogP contribution in [0.4, 0.5) is 11.4 Å². The van der Waals surface area contributed by atoms with Crippen LogP contribution in [0.15, 0.2) is 29.4 Å². The number of benzene rings is 1. The predicted molar refractivity (Wildman–Crippen MR) is 107 cm³/mol. The van der Waals surface area contributed by atoms with Crippen molar-refractivity contribution >= 4 is 28.9 Å². The molecule has 2 rings (SSSR count). The van der Waals surface area contributed by atoms with Crippen LogP contribution in [0.1, 0.15) is 47.8 Å². The highest BCUT2D eigenvalue weighted by molar-refractivity contribution is 7.99. The normalized spacial score (nSPS) is 11.3. The van der Waals surface area contributed by atoms with E-state index in [1.807, 2.05) is 0 Å². The van der Waals surface area contributed by atoms with E-state index in [0.29, 0.717) is 5.03 Å². The molecule has 1 aromatic carbocycles. The number of thioether (sulfide) groups is 1. The summed E-state index contributed by atoms with van der Waals surface area (Å²) >= 11 is 1.18. The van der Waals surface area contributed by atoms with Crippen molar-refractivity contribution in [3.63, 3.8) is 0 Å². The average molecular weight is 403 g/mol. The van der Waals surface area contributed by atoms with Gasteiger partial charge in [0.25, 0.3) is 11.4 Å². The molecule has 0 unspecified atom stereocenters. The molecule has 0 bridgehead atoms. The van der Waals surface area contributed by atoms with Gasteiger partial charge in [-0.1, -0.05) is 38.6 Å². The van der Waals surface area contributed by atoms with Crippen molar-refractivity contribution < 1.29 is 14.6 Å². The molecule has 0 saturated carbocycles. The molecular weight excluding hydrogens is 382 g/mol. The number of nitrogens with zero attached hydrogens (tertiary/aromatic N) is 3. The third kappa shape index (κ3) is 4.19. The van der Waals surface area contributed by atoms with Crippen molar-refractivity contribution in [3.05, 3.63) is 66.9 Å². The minimum atomic E-state index is -0.843. The van der Waals surface area contributed by atoms with Gasteiger partial charge in [0.05, 0.1) is 20.6 Å². The Bertz CT molecular complexity index is 911. The first-order valence-corrected chi connectivity index (χ1v) is 9.48. The molecule has 28 heavy (non-hydrogen) atoms. The summed E-state index contributed by atoms with van der Waals surface area (Å²) < 4.78 is 0. The summed E-state index contributed by atoms with van der Waals surface area (Å²) in [6, 6.07) is 5.27. The Labute approximate surface area is 166 Å².